The van der Waals surface area contributed by atoms with E-state index in [1.165, 1.54) is 11.3 Å². The Morgan fingerprint density at radius 1 is 0.622 bits per heavy atom. The monoisotopic (exact) mass is 487 g/mol. The standard InChI is InChI=1S/C32H33N5/c1-35(2)28-19-15-24(16-20-28)23-37-31(26-13-9-6-10-14-26)33-30(25-11-7-5-8-12-25)34-32(37)27-17-21-29(22-18-27)36(3)4/h5-22,32H,23H2,1-4H3. The number of benzene rings is 4. The van der Waals surface area contributed by atoms with Crippen molar-refractivity contribution in [1.82, 2.24) is 4.90 Å². The third-order valence-corrected chi connectivity index (χ3v) is 6.60. The molecule has 0 N–H and O–H groups in total. The van der Waals surface area contributed by atoms with Crippen LogP contribution in [0.15, 0.2) is 119 Å². The van der Waals surface area contributed by atoms with E-state index in [-0.39, 0.29) is 6.17 Å². The van der Waals surface area contributed by atoms with E-state index in [4.69, 9.17) is 9.98 Å². The van der Waals surface area contributed by atoms with Gasteiger partial charge in [-0.25, -0.2) is 9.98 Å². The number of rotatable bonds is 7. The topological polar surface area (TPSA) is 34.4 Å². The summed E-state index contributed by atoms with van der Waals surface area (Å²) in [7, 11) is 8.25. The second kappa shape index (κ2) is 10.7. The third-order valence-electron chi connectivity index (χ3n) is 6.60. The fourth-order valence-electron chi connectivity index (χ4n) is 4.50. The zero-order valence-electron chi connectivity index (χ0n) is 21.9. The molecule has 0 fully saturated rings. The van der Waals surface area contributed by atoms with E-state index in [9.17, 15) is 0 Å². The van der Waals surface area contributed by atoms with Gasteiger partial charge in [0, 0.05) is 57.2 Å². The van der Waals surface area contributed by atoms with Crippen LogP contribution in [0.1, 0.15) is 28.4 Å². The summed E-state index contributed by atoms with van der Waals surface area (Å²) in [5.74, 6) is 1.67. The smallest absolute Gasteiger partial charge is 0.159 e. The number of amidine groups is 2. The number of nitrogens with zero attached hydrogens (tertiary/aromatic N) is 5. The van der Waals surface area contributed by atoms with Crippen LogP contribution in [-0.2, 0) is 6.54 Å². The predicted molar refractivity (Wildman–Crippen MR) is 156 cm³/mol. The van der Waals surface area contributed by atoms with Crippen molar-refractivity contribution in [2.75, 3.05) is 38.0 Å². The third kappa shape index (κ3) is 5.41. The quantitative estimate of drug-likeness (QED) is 0.310. The molecule has 1 aliphatic heterocycles. The molecule has 1 aliphatic rings. The molecule has 186 valence electrons. The van der Waals surface area contributed by atoms with Crippen molar-refractivity contribution in [2.24, 2.45) is 9.98 Å². The van der Waals surface area contributed by atoms with E-state index in [2.05, 4.69) is 128 Å². The number of hydrogen-bond acceptors (Lipinski definition) is 5. The summed E-state index contributed by atoms with van der Waals surface area (Å²) in [5.41, 5.74) is 6.77. The minimum absolute atomic E-state index is 0.215. The molecule has 37 heavy (non-hydrogen) atoms. The highest BCUT2D eigenvalue weighted by Gasteiger charge is 2.29. The maximum absolute atomic E-state index is 5.23. The van der Waals surface area contributed by atoms with Gasteiger partial charge < -0.3 is 14.7 Å². The lowest BCUT2D eigenvalue weighted by atomic mass is 10.0. The van der Waals surface area contributed by atoms with Crippen LogP contribution in [0.25, 0.3) is 0 Å². The maximum atomic E-state index is 5.23. The van der Waals surface area contributed by atoms with Crippen molar-refractivity contribution in [3.63, 3.8) is 0 Å². The number of aliphatic imine (C=N–C) groups is 2. The number of anilines is 2. The largest absolute Gasteiger partial charge is 0.378 e. The van der Waals surface area contributed by atoms with E-state index in [0.29, 0.717) is 6.54 Å². The Hall–Kier alpha value is -4.38. The van der Waals surface area contributed by atoms with Crippen LogP contribution in [-0.4, -0.2) is 44.8 Å². The van der Waals surface area contributed by atoms with Gasteiger partial charge in [-0.1, -0.05) is 84.9 Å². The molecule has 5 heteroatoms. The fourth-order valence-corrected chi connectivity index (χ4v) is 4.50. The van der Waals surface area contributed by atoms with Gasteiger partial charge in [0.2, 0.25) is 0 Å². The Bertz CT molecular complexity index is 1370. The highest BCUT2D eigenvalue weighted by molar-refractivity contribution is 6.13. The van der Waals surface area contributed by atoms with Crippen molar-refractivity contribution in [3.8, 4) is 0 Å². The lowest BCUT2D eigenvalue weighted by Gasteiger charge is -2.36. The van der Waals surface area contributed by atoms with Gasteiger partial charge in [0.05, 0.1) is 0 Å². The Kier molecular flexibility index (Phi) is 7.04. The van der Waals surface area contributed by atoms with Gasteiger partial charge in [-0.05, 0) is 35.4 Å². The second-order valence-corrected chi connectivity index (χ2v) is 9.67. The Morgan fingerprint density at radius 3 is 1.68 bits per heavy atom. The predicted octanol–water partition coefficient (Wildman–Crippen LogP) is 6.23. The molecular formula is C32H33N5. The molecule has 0 spiro atoms. The first-order valence-corrected chi connectivity index (χ1v) is 12.6. The summed E-state index contributed by atoms with van der Waals surface area (Å²) in [6.45, 7) is 0.688. The van der Waals surface area contributed by atoms with Crippen LogP contribution in [0.3, 0.4) is 0 Å². The fraction of sp³-hybridized carbons (Fsp3) is 0.188. The van der Waals surface area contributed by atoms with Crippen molar-refractivity contribution in [3.05, 3.63) is 131 Å². The highest BCUT2D eigenvalue weighted by atomic mass is 15.3. The van der Waals surface area contributed by atoms with Gasteiger partial charge in [0.15, 0.2) is 12.0 Å². The SMILES string of the molecule is CN(C)c1ccc(CN2C(c3ccccc3)=NC(c3ccccc3)=NC2c2ccc(N(C)C)cc2)cc1. The molecule has 0 aliphatic carbocycles. The van der Waals surface area contributed by atoms with E-state index in [1.54, 1.807) is 0 Å². The summed E-state index contributed by atoms with van der Waals surface area (Å²) in [4.78, 5) is 16.9. The zero-order chi connectivity index (χ0) is 25.8. The highest BCUT2D eigenvalue weighted by Crippen LogP contribution is 2.32. The lowest BCUT2D eigenvalue weighted by Crippen LogP contribution is -2.38. The molecule has 0 amide bonds. The van der Waals surface area contributed by atoms with Crippen molar-refractivity contribution >= 4 is 23.0 Å². The molecule has 0 saturated heterocycles. The average Bonchev–Trinajstić information content (AvgIpc) is 2.94. The summed E-state index contributed by atoms with van der Waals surface area (Å²) in [5, 5.41) is 0. The van der Waals surface area contributed by atoms with Crippen molar-refractivity contribution < 1.29 is 0 Å². The molecule has 0 radical (unpaired) electrons. The van der Waals surface area contributed by atoms with Crippen LogP contribution < -0.4 is 9.80 Å². The summed E-state index contributed by atoms with van der Waals surface area (Å²) < 4.78 is 0. The van der Waals surface area contributed by atoms with Gasteiger partial charge in [0.1, 0.15) is 5.84 Å². The summed E-state index contributed by atoms with van der Waals surface area (Å²) >= 11 is 0. The van der Waals surface area contributed by atoms with Crippen molar-refractivity contribution in [1.29, 1.82) is 0 Å². The normalized spacial score (nSPS) is 15.1. The van der Waals surface area contributed by atoms with E-state index in [0.717, 1.165) is 34.0 Å². The van der Waals surface area contributed by atoms with Gasteiger partial charge in [-0.15, -0.1) is 0 Å². The minimum Gasteiger partial charge on any atom is -0.378 e. The lowest BCUT2D eigenvalue weighted by molar-refractivity contribution is 0.314. The first kappa shape index (κ1) is 24.3. The second-order valence-electron chi connectivity index (χ2n) is 9.67. The van der Waals surface area contributed by atoms with Gasteiger partial charge in [0.25, 0.3) is 0 Å². The Balaban J connectivity index is 1.62. The van der Waals surface area contributed by atoms with Gasteiger partial charge in [-0.3, -0.25) is 0 Å². The molecule has 0 aromatic heterocycles. The zero-order valence-corrected chi connectivity index (χ0v) is 21.9. The molecular weight excluding hydrogens is 454 g/mol. The Morgan fingerprint density at radius 2 is 1.14 bits per heavy atom. The molecule has 1 atom stereocenters. The van der Waals surface area contributed by atoms with E-state index < -0.39 is 0 Å². The van der Waals surface area contributed by atoms with Crippen molar-refractivity contribution in [2.45, 2.75) is 12.7 Å². The minimum atomic E-state index is -0.215. The van der Waals surface area contributed by atoms with E-state index >= 15 is 0 Å². The molecule has 1 unspecified atom stereocenters. The number of hydrogen-bond donors (Lipinski definition) is 0. The summed E-state index contributed by atoms with van der Waals surface area (Å²) in [6, 6.07) is 38.1. The van der Waals surface area contributed by atoms with Crippen LogP contribution in [0.5, 0.6) is 0 Å². The molecule has 1 heterocycles. The van der Waals surface area contributed by atoms with Crippen LogP contribution >= 0.6 is 0 Å². The summed E-state index contributed by atoms with van der Waals surface area (Å²) in [6.07, 6.45) is -0.215. The Labute approximate surface area is 220 Å². The average molecular weight is 488 g/mol. The molecule has 5 rings (SSSR count). The molecule has 0 saturated carbocycles. The van der Waals surface area contributed by atoms with Crippen LogP contribution in [0, 0.1) is 0 Å². The molecule has 5 nitrogen and oxygen atoms in total. The van der Waals surface area contributed by atoms with E-state index in [1.807, 2.05) is 24.3 Å². The van der Waals surface area contributed by atoms with Crippen LogP contribution in [0.4, 0.5) is 11.4 Å². The van der Waals surface area contributed by atoms with Gasteiger partial charge >= 0.3 is 0 Å². The van der Waals surface area contributed by atoms with Gasteiger partial charge in [-0.2, -0.15) is 0 Å². The first-order valence-electron chi connectivity index (χ1n) is 12.6. The molecule has 4 aromatic carbocycles. The first-order chi connectivity index (χ1) is 18.0. The molecule has 4 aromatic rings. The molecule has 0 bridgehead atoms. The van der Waals surface area contributed by atoms with Crippen LogP contribution in [0.2, 0.25) is 0 Å². The maximum Gasteiger partial charge on any atom is 0.159 e.